The van der Waals surface area contributed by atoms with E-state index in [-0.39, 0.29) is 0 Å². The van der Waals surface area contributed by atoms with Crippen LogP contribution in [0.3, 0.4) is 0 Å². The van der Waals surface area contributed by atoms with E-state index < -0.39 is 0 Å². The third kappa shape index (κ3) is 1.98. The lowest BCUT2D eigenvalue weighted by Crippen LogP contribution is -2.04. The monoisotopic (exact) mass is 332 g/mol. The summed E-state index contributed by atoms with van der Waals surface area (Å²) in [6, 6.07) is 4.27. The number of nitrogens with zero attached hydrogens (tertiary/aromatic N) is 2. The number of hydrogen-bond acceptors (Lipinski definition) is 1. The number of benzene rings is 1. The molecular formula is C12H11BrCl2N2. The van der Waals surface area contributed by atoms with Crippen LogP contribution in [0.25, 0.3) is 11.0 Å². The van der Waals surface area contributed by atoms with Crippen LogP contribution >= 0.6 is 39.1 Å². The van der Waals surface area contributed by atoms with Gasteiger partial charge < -0.3 is 4.57 Å². The smallest absolute Gasteiger partial charge is 0.178 e. The Morgan fingerprint density at radius 1 is 1.18 bits per heavy atom. The van der Waals surface area contributed by atoms with Crippen molar-refractivity contribution in [2.45, 2.75) is 31.7 Å². The molecule has 1 fully saturated rings. The Labute approximate surface area is 118 Å². The molecule has 1 aromatic carbocycles. The molecule has 0 atom stereocenters. The Balaban J connectivity index is 2.22. The lowest BCUT2D eigenvalue weighted by atomic mass is 10.2. The molecule has 2 nitrogen and oxygen atoms in total. The number of fused-ring (bicyclic) bond motifs is 1. The summed E-state index contributed by atoms with van der Waals surface area (Å²) < 4.78 is 3.11. The van der Waals surface area contributed by atoms with Gasteiger partial charge in [-0.15, -0.1) is 0 Å². The average molecular weight is 334 g/mol. The van der Waals surface area contributed by atoms with Crippen molar-refractivity contribution in [3.05, 3.63) is 26.9 Å². The van der Waals surface area contributed by atoms with Crippen LogP contribution in [0.15, 0.2) is 16.9 Å². The van der Waals surface area contributed by atoms with E-state index in [1.54, 1.807) is 0 Å². The predicted octanol–water partition coefficient (Wildman–Crippen LogP) is 5.22. The van der Waals surface area contributed by atoms with Crippen LogP contribution in [0.4, 0.5) is 0 Å². The Morgan fingerprint density at radius 3 is 2.53 bits per heavy atom. The van der Waals surface area contributed by atoms with Gasteiger partial charge in [0.1, 0.15) is 0 Å². The van der Waals surface area contributed by atoms with Crippen molar-refractivity contribution in [2.24, 2.45) is 0 Å². The van der Waals surface area contributed by atoms with E-state index in [1.165, 1.54) is 25.7 Å². The number of hydrogen-bond donors (Lipinski definition) is 0. The number of aromatic nitrogens is 2. The average Bonchev–Trinajstić information content (AvgIpc) is 2.86. The van der Waals surface area contributed by atoms with Crippen LogP contribution in [0.2, 0.25) is 10.0 Å². The fourth-order valence-electron chi connectivity index (χ4n) is 2.57. The number of halogens is 3. The van der Waals surface area contributed by atoms with Gasteiger partial charge in [0.25, 0.3) is 0 Å². The molecule has 0 N–H and O–H groups in total. The maximum Gasteiger partial charge on any atom is 0.178 e. The maximum atomic E-state index is 6.09. The van der Waals surface area contributed by atoms with E-state index in [2.05, 4.69) is 25.5 Å². The van der Waals surface area contributed by atoms with Crippen molar-refractivity contribution >= 4 is 50.2 Å². The standard InChI is InChI=1S/C12H11BrCl2N2/c13-12-16-10-5-8(14)9(15)6-11(10)17(12)7-3-1-2-4-7/h5-7H,1-4H2. The summed E-state index contributed by atoms with van der Waals surface area (Å²) >= 11 is 15.6. The van der Waals surface area contributed by atoms with Gasteiger partial charge in [0.05, 0.1) is 21.1 Å². The normalized spacial score (nSPS) is 17.1. The number of rotatable bonds is 1. The SMILES string of the molecule is Clc1cc2nc(Br)n(C3CCCC3)c2cc1Cl. The molecule has 1 aromatic heterocycles. The molecule has 0 saturated heterocycles. The molecule has 17 heavy (non-hydrogen) atoms. The third-order valence-electron chi connectivity index (χ3n) is 3.38. The van der Waals surface area contributed by atoms with Crippen LogP contribution in [-0.4, -0.2) is 9.55 Å². The Kier molecular flexibility index (Phi) is 3.09. The first kappa shape index (κ1) is 11.8. The van der Waals surface area contributed by atoms with Crippen molar-refractivity contribution in [3.8, 4) is 0 Å². The Hall–Kier alpha value is -0.250. The molecular weight excluding hydrogens is 323 g/mol. The molecule has 1 aliphatic rings. The summed E-state index contributed by atoms with van der Waals surface area (Å²) in [6.07, 6.45) is 5.00. The van der Waals surface area contributed by atoms with Crippen molar-refractivity contribution in [1.82, 2.24) is 9.55 Å². The molecule has 90 valence electrons. The Morgan fingerprint density at radius 2 is 1.82 bits per heavy atom. The van der Waals surface area contributed by atoms with Crippen molar-refractivity contribution in [2.75, 3.05) is 0 Å². The molecule has 3 rings (SSSR count). The highest BCUT2D eigenvalue weighted by atomic mass is 79.9. The lowest BCUT2D eigenvalue weighted by Gasteiger charge is -2.13. The van der Waals surface area contributed by atoms with Gasteiger partial charge in [-0.25, -0.2) is 4.98 Å². The van der Waals surface area contributed by atoms with Crippen molar-refractivity contribution < 1.29 is 0 Å². The fraction of sp³-hybridized carbons (Fsp3) is 0.417. The first-order chi connectivity index (χ1) is 8.16. The maximum absolute atomic E-state index is 6.09. The molecule has 5 heteroatoms. The van der Waals surface area contributed by atoms with E-state index in [4.69, 9.17) is 23.2 Å². The zero-order chi connectivity index (χ0) is 12.0. The largest absolute Gasteiger partial charge is 0.315 e. The first-order valence-corrected chi connectivity index (χ1v) is 7.24. The molecule has 1 saturated carbocycles. The van der Waals surface area contributed by atoms with E-state index in [1.807, 2.05) is 12.1 Å². The molecule has 1 aliphatic carbocycles. The van der Waals surface area contributed by atoms with Crippen LogP contribution in [0, 0.1) is 0 Å². The zero-order valence-corrected chi connectivity index (χ0v) is 12.2. The molecule has 0 amide bonds. The molecule has 0 unspecified atom stereocenters. The summed E-state index contributed by atoms with van der Waals surface area (Å²) in [5, 5.41) is 1.15. The van der Waals surface area contributed by atoms with Crippen molar-refractivity contribution in [3.63, 3.8) is 0 Å². The highest BCUT2D eigenvalue weighted by Crippen LogP contribution is 2.37. The lowest BCUT2D eigenvalue weighted by molar-refractivity contribution is 0.522. The van der Waals surface area contributed by atoms with Gasteiger partial charge in [-0.3, -0.25) is 0 Å². The minimum absolute atomic E-state index is 0.534. The van der Waals surface area contributed by atoms with E-state index >= 15 is 0 Å². The molecule has 0 radical (unpaired) electrons. The van der Waals surface area contributed by atoms with E-state index in [0.29, 0.717) is 16.1 Å². The summed E-state index contributed by atoms with van der Waals surface area (Å²) in [6.45, 7) is 0. The number of imidazole rings is 1. The second-order valence-corrected chi connectivity index (χ2v) is 5.97. The summed E-state index contributed by atoms with van der Waals surface area (Å²) in [5.74, 6) is 0. The highest BCUT2D eigenvalue weighted by Gasteiger charge is 2.22. The minimum atomic E-state index is 0.534. The molecule has 1 heterocycles. The van der Waals surface area contributed by atoms with E-state index in [9.17, 15) is 0 Å². The van der Waals surface area contributed by atoms with Crippen LogP contribution in [0.1, 0.15) is 31.7 Å². The highest BCUT2D eigenvalue weighted by molar-refractivity contribution is 9.10. The molecule has 0 aliphatic heterocycles. The predicted molar refractivity (Wildman–Crippen MR) is 75.0 cm³/mol. The molecule has 2 aromatic rings. The van der Waals surface area contributed by atoms with Gasteiger partial charge in [0, 0.05) is 6.04 Å². The summed E-state index contributed by atoms with van der Waals surface area (Å²) in [5.41, 5.74) is 1.97. The summed E-state index contributed by atoms with van der Waals surface area (Å²) in [7, 11) is 0. The second kappa shape index (κ2) is 4.45. The van der Waals surface area contributed by atoms with Gasteiger partial charge in [-0.1, -0.05) is 36.0 Å². The zero-order valence-electron chi connectivity index (χ0n) is 9.09. The van der Waals surface area contributed by atoms with Crippen LogP contribution in [0.5, 0.6) is 0 Å². The van der Waals surface area contributed by atoms with Gasteiger partial charge in [0.15, 0.2) is 4.73 Å². The fourth-order valence-corrected chi connectivity index (χ4v) is 3.56. The third-order valence-corrected chi connectivity index (χ3v) is 4.66. The van der Waals surface area contributed by atoms with Gasteiger partial charge in [-0.05, 0) is 40.9 Å². The minimum Gasteiger partial charge on any atom is -0.315 e. The topological polar surface area (TPSA) is 17.8 Å². The quantitative estimate of drug-likeness (QED) is 0.699. The van der Waals surface area contributed by atoms with Gasteiger partial charge >= 0.3 is 0 Å². The molecule has 0 spiro atoms. The van der Waals surface area contributed by atoms with Gasteiger partial charge in [-0.2, -0.15) is 0 Å². The van der Waals surface area contributed by atoms with Crippen LogP contribution in [-0.2, 0) is 0 Å². The first-order valence-electron chi connectivity index (χ1n) is 5.69. The molecule has 0 bridgehead atoms. The van der Waals surface area contributed by atoms with Crippen molar-refractivity contribution in [1.29, 1.82) is 0 Å². The van der Waals surface area contributed by atoms with Gasteiger partial charge in [0.2, 0.25) is 0 Å². The summed E-state index contributed by atoms with van der Waals surface area (Å²) in [4.78, 5) is 4.50. The van der Waals surface area contributed by atoms with E-state index in [0.717, 1.165) is 15.8 Å². The second-order valence-electron chi connectivity index (χ2n) is 4.44. The Bertz CT molecular complexity index is 573. The van der Waals surface area contributed by atoms with Crippen LogP contribution < -0.4 is 0 Å².